The lowest BCUT2D eigenvalue weighted by molar-refractivity contribution is 0.103. The molecular weight excluding hydrogens is 238 g/mol. The summed E-state index contributed by atoms with van der Waals surface area (Å²) in [6.07, 6.45) is 0.585. The fourth-order valence-electron chi connectivity index (χ4n) is 2.22. The van der Waals surface area contributed by atoms with Gasteiger partial charge in [-0.1, -0.05) is 45.0 Å². The molecule has 0 bridgehead atoms. The number of hydrogen-bond acceptors (Lipinski definition) is 3. The van der Waals surface area contributed by atoms with E-state index in [1.54, 1.807) is 0 Å². The first-order valence-electron chi connectivity index (χ1n) is 7.17. The maximum Gasteiger partial charge on any atom is 0.0916 e. The van der Waals surface area contributed by atoms with E-state index in [0.29, 0.717) is 19.0 Å². The Labute approximate surface area is 116 Å². The lowest BCUT2D eigenvalue weighted by Crippen LogP contribution is -2.31. The highest BCUT2D eigenvalue weighted by molar-refractivity contribution is 5.24. The molecule has 0 saturated heterocycles. The number of nitrogens with zero attached hydrogens (tertiary/aromatic N) is 1. The molecule has 0 aromatic heterocycles. The summed E-state index contributed by atoms with van der Waals surface area (Å²) >= 11 is 0. The van der Waals surface area contributed by atoms with Crippen molar-refractivity contribution in [2.75, 3.05) is 26.2 Å². The zero-order chi connectivity index (χ0) is 14.3. The van der Waals surface area contributed by atoms with Gasteiger partial charge in [0.1, 0.15) is 0 Å². The average molecular weight is 265 g/mol. The van der Waals surface area contributed by atoms with Crippen molar-refractivity contribution in [3.05, 3.63) is 35.4 Å². The van der Waals surface area contributed by atoms with Crippen LogP contribution >= 0.6 is 0 Å². The summed E-state index contributed by atoms with van der Waals surface area (Å²) in [6, 6.07) is 8.21. The molecule has 19 heavy (non-hydrogen) atoms. The van der Waals surface area contributed by atoms with Gasteiger partial charge in [-0.25, -0.2) is 0 Å². The van der Waals surface area contributed by atoms with Crippen molar-refractivity contribution >= 4 is 0 Å². The van der Waals surface area contributed by atoms with Crippen LogP contribution in [0, 0.1) is 5.92 Å². The van der Waals surface area contributed by atoms with Crippen molar-refractivity contribution in [3.8, 4) is 0 Å². The van der Waals surface area contributed by atoms with Crippen LogP contribution in [0.4, 0.5) is 0 Å². The van der Waals surface area contributed by atoms with Crippen LogP contribution in [-0.4, -0.2) is 41.4 Å². The van der Waals surface area contributed by atoms with E-state index in [4.69, 9.17) is 5.11 Å². The third-order valence-electron chi connectivity index (χ3n) is 3.30. The lowest BCUT2D eigenvalue weighted by atomic mass is 10.00. The first-order chi connectivity index (χ1) is 9.06. The standard InChI is InChI=1S/C16H27NO2/c1-4-17(9-10-18)12-16(19)15-7-5-14(6-8-15)11-13(2)3/h5-8,13,16,18-19H,4,9-12H2,1-3H3. The van der Waals surface area contributed by atoms with Crippen LogP contribution < -0.4 is 0 Å². The Bertz CT molecular complexity index is 348. The van der Waals surface area contributed by atoms with Gasteiger partial charge in [-0.3, -0.25) is 4.90 Å². The van der Waals surface area contributed by atoms with Crippen LogP contribution in [0.25, 0.3) is 0 Å². The minimum Gasteiger partial charge on any atom is -0.395 e. The molecule has 1 unspecified atom stereocenters. The lowest BCUT2D eigenvalue weighted by Gasteiger charge is -2.23. The van der Waals surface area contributed by atoms with E-state index in [-0.39, 0.29) is 6.61 Å². The average Bonchev–Trinajstić information content (AvgIpc) is 2.38. The predicted octanol–water partition coefficient (Wildman–Crippen LogP) is 2.23. The highest BCUT2D eigenvalue weighted by Crippen LogP contribution is 2.16. The Morgan fingerprint density at radius 1 is 1.16 bits per heavy atom. The SMILES string of the molecule is CCN(CCO)CC(O)c1ccc(CC(C)C)cc1. The largest absolute Gasteiger partial charge is 0.395 e. The molecule has 0 saturated carbocycles. The molecule has 0 amide bonds. The molecule has 0 aliphatic heterocycles. The maximum absolute atomic E-state index is 10.2. The van der Waals surface area contributed by atoms with E-state index >= 15 is 0 Å². The molecule has 2 N–H and O–H groups in total. The topological polar surface area (TPSA) is 43.7 Å². The van der Waals surface area contributed by atoms with Gasteiger partial charge in [0.2, 0.25) is 0 Å². The Morgan fingerprint density at radius 3 is 2.26 bits per heavy atom. The second kappa shape index (κ2) is 8.31. The Hall–Kier alpha value is -0.900. The van der Waals surface area contributed by atoms with Gasteiger partial charge in [-0.15, -0.1) is 0 Å². The van der Waals surface area contributed by atoms with Crippen LogP contribution in [0.2, 0.25) is 0 Å². The normalized spacial score (nSPS) is 13.2. The highest BCUT2D eigenvalue weighted by atomic mass is 16.3. The van der Waals surface area contributed by atoms with Crippen molar-refractivity contribution in [3.63, 3.8) is 0 Å². The molecule has 108 valence electrons. The van der Waals surface area contributed by atoms with Gasteiger partial charge < -0.3 is 10.2 Å². The van der Waals surface area contributed by atoms with Crippen LogP contribution in [0.3, 0.4) is 0 Å². The third kappa shape index (κ3) is 5.72. The molecule has 3 nitrogen and oxygen atoms in total. The van der Waals surface area contributed by atoms with Gasteiger partial charge in [-0.2, -0.15) is 0 Å². The third-order valence-corrected chi connectivity index (χ3v) is 3.30. The molecule has 1 aromatic carbocycles. The van der Waals surface area contributed by atoms with E-state index in [1.807, 2.05) is 24.0 Å². The summed E-state index contributed by atoms with van der Waals surface area (Å²) in [7, 11) is 0. The van der Waals surface area contributed by atoms with E-state index in [2.05, 4.69) is 26.0 Å². The Morgan fingerprint density at radius 2 is 1.79 bits per heavy atom. The Balaban J connectivity index is 2.59. The molecule has 0 fully saturated rings. The molecule has 1 atom stereocenters. The number of hydrogen-bond donors (Lipinski definition) is 2. The fraction of sp³-hybridized carbons (Fsp3) is 0.625. The van der Waals surface area contributed by atoms with Crippen LogP contribution in [0.5, 0.6) is 0 Å². The molecule has 0 heterocycles. The summed E-state index contributed by atoms with van der Waals surface area (Å²) in [4.78, 5) is 2.05. The summed E-state index contributed by atoms with van der Waals surface area (Å²) < 4.78 is 0. The van der Waals surface area contributed by atoms with Gasteiger partial charge in [0.05, 0.1) is 12.7 Å². The minimum absolute atomic E-state index is 0.133. The van der Waals surface area contributed by atoms with Gasteiger partial charge in [0.25, 0.3) is 0 Å². The van der Waals surface area contributed by atoms with E-state index in [0.717, 1.165) is 18.5 Å². The second-order valence-corrected chi connectivity index (χ2v) is 5.47. The molecule has 0 radical (unpaired) electrons. The van der Waals surface area contributed by atoms with Crippen molar-refractivity contribution in [2.24, 2.45) is 5.92 Å². The molecule has 1 rings (SSSR count). The summed E-state index contributed by atoms with van der Waals surface area (Å²) in [5.74, 6) is 0.649. The molecule has 3 heteroatoms. The molecular formula is C16H27NO2. The van der Waals surface area contributed by atoms with Gasteiger partial charge >= 0.3 is 0 Å². The molecule has 1 aromatic rings. The second-order valence-electron chi connectivity index (χ2n) is 5.47. The smallest absolute Gasteiger partial charge is 0.0916 e. The van der Waals surface area contributed by atoms with Crippen molar-refractivity contribution < 1.29 is 10.2 Å². The van der Waals surface area contributed by atoms with Crippen molar-refractivity contribution in [1.29, 1.82) is 0 Å². The van der Waals surface area contributed by atoms with Gasteiger partial charge in [0.15, 0.2) is 0 Å². The van der Waals surface area contributed by atoms with Crippen LogP contribution in [0.1, 0.15) is 38.0 Å². The zero-order valence-electron chi connectivity index (χ0n) is 12.3. The maximum atomic E-state index is 10.2. The van der Waals surface area contributed by atoms with Crippen LogP contribution in [-0.2, 0) is 6.42 Å². The number of rotatable bonds is 8. The van der Waals surface area contributed by atoms with Gasteiger partial charge in [-0.05, 0) is 30.0 Å². The summed E-state index contributed by atoms with van der Waals surface area (Å²) in [5.41, 5.74) is 2.26. The zero-order valence-corrected chi connectivity index (χ0v) is 12.3. The number of benzene rings is 1. The van der Waals surface area contributed by atoms with Crippen LogP contribution in [0.15, 0.2) is 24.3 Å². The van der Waals surface area contributed by atoms with E-state index in [9.17, 15) is 5.11 Å². The molecule has 0 spiro atoms. The number of aliphatic hydroxyl groups is 2. The van der Waals surface area contributed by atoms with Crippen molar-refractivity contribution in [2.45, 2.75) is 33.3 Å². The number of aliphatic hydroxyl groups excluding tert-OH is 2. The van der Waals surface area contributed by atoms with E-state index in [1.165, 1.54) is 5.56 Å². The predicted molar refractivity (Wildman–Crippen MR) is 79.1 cm³/mol. The Kier molecular flexibility index (Phi) is 7.06. The van der Waals surface area contributed by atoms with Gasteiger partial charge in [0, 0.05) is 13.1 Å². The molecule has 0 aliphatic rings. The summed E-state index contributed by atoms with van der Waals surface area (Å²) in [6.45, 7) is 8.60. The molecule has 0 aliphatic carbocycles. The van der Waals surface area contributed by atoms with E-state index < -0.39 is 6.10 Å². The highest BCUT2D eigenvalue weighted by Gasteiger charge is 2.12. The first-order valence-corrected chi connectivity index (χ1v) is 7.17. The number of likely N-dealkylation sites (N-methyl/N-ethyl adjacent to an activating group) is 1. The van der Waals surface area contributed by atoms with Crippen molar-refractivity contribution in [1.82, 2.24) is 4.90 Å². The first kappa shape index (κ1) is 16.2. The monoisotopic (exact) mass is 265 g/mol. The minimum atomic E-state index is -0.486. The fourth-order valence-corrected chi connectivity index (χ4v) is 2.22. The summed E-state index contributed by atoms with van der Waals surface area (Å²) in [5, 5.41) is 19.1. The quantitative estimate of drug-likeness (QED) is 0.757.